The van der Waals surface area contributed by atoms with Crippen molar-refractivity contribution in [1.29, 1.82) is 0 Å². The van der Waals surface area contributed by atoms with Gasteiger partial charge in [-0.25, -0.2) is 0 Å². The molecule has 0 saturated heterocycles. The molecule has 2 heteroatoms. The molecule has 2 nitrogen and oxygen atoms in total. The Hall–Kier alpha value is -1.18. The third kappa shape index (κ3) is 1.65. The number of allylic oxidation sites excluding steroid dienone is 5. The molecule has 0 spiro atoms. The molecule has 4 aliphatic rings. The lowest BCUT2D eigenvalue weighted by Crippen LogP contribution is -2.51. The Morgan fingerprint density at radius 2 is 1.90 bits per heavy atom. The molecule has 0 aromatic heterocycles. The van der Waals surface area contributed by atoms with Gasteiger partial charge in [0.1, 0.15) is 5.76 Å². The van der Waals surface area contributed by atoms with Gasteiger partial charge in [0.2, 0.25) is 0 Å². The van der Waals surface area contributed by atoms with Crippen LogP contribution in [0, 0.1) is 34.5 Å². The first kappa shape index (κ1) is 13.5. The van der Waals surface area contributed by atoms with Crippen LogP contribution in [-0.2, 0) is 0 Å². The molecule has 0 radical (unpaired) electrons. The summed E-state index contributed by atoms with van der Waals surface area (Å²) in [6.07, 6.45) is 14.1. The molecule has 0 aromatic carbocycles. The van der Waals surface area contributed by atoms with Crippen LogP contribution in [0.4, 0.5) is 0 Å². The van der Waals surface area contributed by atoms with E-state index in [1.54, 1.807) is 0 Å². The van der Waals surface area contributed by atoms with Crippen LogP contribution in [0.2, 0.25) is 0 Å². The molecule has 21 heavy (non-hydrogen) atoms. The minimum atomic E-state index is 0.0285. The van der Waals surface area contributed by atoms with Crippen LogP contribution in [-0.4, -0.2) is 10.2 Å². The lowest BCUT2D eigenvalue weighted by molar-refractivity contribution is -0.0575. The maximum atomic E-state index is 10.3. The van der Waals surface area contributed by atoms with Crippen LogP contribution in [0.25, 0.3) is 0 Å². The van der Waals surface area contributed by atoms with Crippen LogP contribution in [0.15, 0.2) is 35.8 Å². The zero-order chi connectivity index (χ0) is 14.8. The third-order valence-electron chi connectivity index (χ3n) is 7.37. The summed E-state index contributed by atoms with van der Waals surface area (Å²) in [6.45, 7) is 4.66. The van der Waals surface area contributed by atoms with Crippen molar-refractivity contribution in [1.82, 2.24) is 0 Å². The molecule has 0 heterocycles. The highest BCUT2D eigenvalue weighted by atomic mass is 16.3. The van der Waals surface area contributed by atoms with Gasteiger partial charge in [-0.15, -0.1) is 0 Å². The van der Waals surface area contributed by atoms with Gasteiger partial charge in [-0.2, -0.15) is 0 Å². The maximum absolute atomic E-state index is 10.3. The van der Waals surface area contributed by atoms with Gasteiger partial charge in [0.05, 0.1) is 5.76 Å². The van der Waals surface area contributed by atoms with Gasteiger partial charge in [-0.05, 0) is 79.4 Å². The Morgan fingerprint density at radius 3 is 2.71 bits per heavy atom. The van der Waals surface area contributed by atoms with E-state index in [-0.39, 0.29) is 10.8 Å². The molecule has 0 amide bonds. The van der Waals surface area contributed by atoms with Gasteiger partial charge in [-0.3, -0.25) is 0 Å². The Bertz CT molecular complexity index is 558. The number of aliphatic hydroxyl groups is 2. The Balaban J connectivity index is 1.68. The molecule has 6 atom stereocenters. The van der Waals surface area contributed by atoms with Crippen LogP contribution in [0.3, 0.4) is 0 Å². The number of hydrogen-bond donors (Lipinski definition) is 2. The standard InChI is InChI=1S/C19H26O2/c1-18-9-7-13(20)11-12(18)3-4-14-15-5-6-17(21)19(15,2)10-8-16(14)18/h6-7,9,11-12,14-16,20-21H,3-5,8,10H2,1-2H3/t12?,14-,15-,16-,18-,19-/m0/s1. The smallest absolute Gasteiger partial charge is 0.111 e. The van der Waals surface area contributed by atoms with Gasteiger partial charge in [0.15, 0.2) is 0 Å². The van der Waals surface area contributed by atoms with Crippen LogP contribution in [0.1, 0.15) is 46.0 Å². The Kier molecular flexibility index (Phi) is 2.68. The maximum Gasteiger partial charge on any atom is 0.111 e. The fourth-order valence-electron chi connectivity index (χ4n) is 6.00. The van der Waals surface area contributed by atoms with E-state index in [0.717, 1.165) is 12.8 Å². The van der Waals surface area contributed by atoms with Crippen molar-refractivity contribution in [2.24, 2.45) is 34.5 Å². The number of aliphatic hydroxyl groups excluding tert-OH is 2. The molecule has 114 valence electrons. The molecule has 2 N–H and O–H groups in total. The fourth-order valence-corrected chi connectivity index (χ4v) is 6.00. The van der Waals surface area contributed by atoms with Crippen LogP contribution < -0.4 is 0 Å². The molecule has 2 fully saturated rings. The number of hydrogen-bond acceptors (Lipinski definition) is 2. The minimum absolute atomic E-state index is 0.0285. The minimum Gasteiger partial charge on any atom is -0.512 e. The van der Waals surface area contributed by atoms with Crippen LogP contribution >= 0.6 is 0 Å². The van der Waals surface area contributed by atoms with Gasteiger partial charge in [0, 0.05) is 5.41 Å². The van der Waals surface area contributed by atoms with E-state index in [4.69, 9.17) is 0 Å². The number of fused-ring (bicyclic) bond motifs is 5. The highest BCUT2D eigenvalue weighted by Crippen LogP contribution is 2.64. The van der Waals surface area contributed by atoms with E-state index in [2.05, 4.69) is 32.1 Å². The molecule has 4 aliphatic carbocycles. The van der Waals surface area contributed by atoms with E-state index >= 15 is 0 Å². The van der Waals surface area contributed by atoms with Gasteiger partial charge in [-0.1, -0.05) is 19.9 Å². The van der Waals surface area contributed by atoms with Crippen molar-refractivity contribution in [2.75, 3.05) is 0 Å². The lowest BCUT2D eigenvalue weighted by atomic mass is 9.47. The van der Waals surface area contributed by atoms with E-state index in [0.29, 0.717) is 35.2 Å². The second-order valence-corrected chi connectivity index (χ2v) is 8.13. The highest BCUT2D eigenvalue weighted by molar-refractivity contribution is 5.28. The van der Waals surface area contributed by atoms with Crippen molar-refractivity contribution in [3.63, 3.8) is 0 Å². The quantitative estimate of drug-likeness (QED) is 0.664. The van der Waals surface area contributed by atoms with E-state index in [1.165, 1.54) is 19.3 Å². The number of rotatable bonds is 0. The molecular weight excluding hydrogens is 260 g/mol. The summed E-state index contributed by atoms with van der Waals surface area (Å²) in [4.78, 5) is 0. The largest absolute Gasteiger partial charge is 0.512 e. The van der Waals surface area contributed by atoms with Crippen molar-refractivity contribution >= 4 is 0 Å². The van der Waals surface area contributed by atoms with Crippen molar-refractivity contribution < 1.29 is 10.2 Å². The SMILES string of the molecule is C[C@]12C=CC(O)=CC1CC[C@@H]1[C@@H]2CC[C@]2(C)C(O)=CC[C@@H]12. The summed E-state index contributed by atoms with van der Waals surface area (Å²) in [6, 6.07) is 0. The van der Waals surface area contributed by atoms with Gasteiger partial charge in [0.25, 0.3) is 0 Å². The van der Waals surface area contributed by atoms with Gasteiger partial charge < -0.3 is 10.2 Å². The summed E-state index contributed by atoms with van der Waals surface area (Å²) in [7, 11) is 0. The molecule has 0 aliphatic heterocycles. The topological polar surface area (TPSA) is 40.5 Å². The molecule has 4 rings (SSSR count). The zero-order valence-electron chi connectivity index (χ0n) is 13.0. The highest BCUT2D eigenvalue weighted by Gasteiger charge is 2.57. The van der Waals surface area contributed by atoms with Crippen molar-refractivity contribution in [3.05, 3.63) is 35.8 Å². The molecule has 0 aromatic rings. The third-order valence-corrected chi connectivity index (χ3v) is 7.37. The van der Waals surface area contributed by atoms with Crippen molar-refractivity contribution in [2.45, 2.75) is 46.0 Å². The van der Waals surface area contributed by atoms with E-state index in [1.807, 2.05) is 6.08 Å². The predicted molar refractivity (Wildman–Crippen MR) is 83.8 cm³/mol. The summed E-state index contributed by atoms with van der Waals surface area (Å²) < 4.78 is 0. The Morgan fingerprint density at radius 1 is 1.10 bits per heavy atom. The summed E-state index contributed by atoms with van der Waals surface area (Å²) >= 11 is 0. The zero-order valence-corrected chi connectivity index (χ0v) is 13.0. The molecule has 2 saturated carbocycles. The average molecular weight is 286 g/mol. The van der Waals surface area contributed by atoms with E-state index in [9.17, 15) is 10.2 Å². The second-order valence-electron chi connectivity index (χ2n) is 8.13. The molecule has 1 unspecified atom stereocenters. The lowest BCUT2D eigenvalue weighted by Gasteiger charge is -2.57. The first-order valence-electron chi connectivity index (χ1n) is 8.45. The normalized spacial score (nSPS) is 51.5. The first-order chi connectivity index (χ1) is 9.95. The average Bonchev–Trinajstić information content (AvgIpc) is 2.76. The Labute approximate surface area is 127 Å². The predicted octanol–water partition coefficient (Wildman–Crippen LogP) is 4.91. The summed E-state index contributed by atoms with van der Waals surface area (Å²) in [5, 5.41) is 20.1. The van der Waals surface area contributed by atoms with E-state index < -0.39 is 0 Å². The molecular formula is C19H26O2. The van der Waals surface area contributed by atoms with Crippen LogP contribution in [0.5, 0.6) is 0 Å². The second kappa shape index (κ2) is 4.18. The summed E-state index contributed by atoms with van der Waals surface area (Å²) in [5.41, 5.74) is 0.218. The first-order valence-corrected chi connectivity index (χ1v) is 8.45. The monoisotopic (exact) mass is 286 g/mol. The van der Waals surface area contributed by atoms with Gasteiger partial charge >= 0.3 is 0 Å². The summed E-state index contributed by atoms with van der Waals surface area (Å²) in [5.74, 6) is 3.59. The molecule has 0 bridgehead atoms. The fraction of sp³-hybridized carbons (Fsp3) is 0.684. The van der Waals surface area contributed by atoms with Crippen molar-refractivity contribution in [3.8, 4) is 0 Å².